The fraction of sp³-hybridized carbons (Fsp3) is 0.308. The molecule has 0 aliphatic heterocycles. The summed E-state index contributed by atoms with van der Waals surface area (Å²) in [5.74, 6) is 1.37. The van der Waals surface area contributed by atoms with E-state index < -0.39 is 0 Å². The molecule has 0 fully saturated rings. The summed E-state index contributed by atoms with van der Waals surface area (Å²) in [6.45, 7) is 2.70. The molecule has 0 bridgehead atoms. The van der Waals surface area contributed by atoms with Crippen molar-refractivity contribution in [1.82, 2.24) is 14.9 Å². The highest BCUT2D eigenvalue weighted by Gasteiger charge is 2.10. The van der Waals surface area contributed by atoms with E-state index in [2.05, 4.69) is 38.2 Å². The lowest BCUT2D eigenvalue weighted by Gasteiger charge is -2.12. The SMILES string of the molecule is CCCOc1c(Br)cc(/C=N/n2cnnc2)cc1OC. The van der Waals surface area contributed by atoms with Gasteiger partial charge in [-0.25, -0.2) is 4.68 Å². The molecule has 1 aromatic carbocycles. The molecule has 0 N–H and O–H groups in total. The number of ether oxygens (including phenoxy) is 2. The normalized spacial score (nSPS) is 10.9. The van der Waals surface area contributed by atoms with Gasteiger partial charge in [0.25, 0.3) is 0 Å². The van der Waals surface area contributed by atoms with Crippen molar-refractivity contribution >= 4 is 22.1 Å². The third-order valence-corrected chi connectivity index (χ3v) is 3.04. The third-order valence-electron chi connectivity index (χ3n) is 2.45. The van der Waals surface area contributed by atoms with Gasteiger partial charge in [-0.05, 0) is 40.0 Å². The van der Waals surface area contributed by atoms with Crippen LogP contribution in [0.1, 0.15) is 18.9 Å². The first-order valence-corrected chi connectivity index (χ1v) is 6.93. The molecule has 0 atom stereocenters. The summed E-state index contributed by atoms with van der Waals surface area (Å²) in [4.78, 5) is 0. The van der Waals surface area contributed by atoms with E-state index in [0.29, 0.717) is 18.1 Å². The van der Waals surface area contributed by atoms with E-state index in [0.717, 1.165) is 16.5 Å². The summed E-state index contributed by atoms with van der Waals surface area (Å²) in [7, 11) is 1.61. The Hall–Kier alpha value is -1.89. The lowest BCUT2D eigenvalue weighted by molar-refractivity contribution is 0.292. The van der Waals surface area contributed by atoms with Crippen LogP contribution in [0.25, 0.3) is 0 Å². The van der Waals surface area contributed by atoms with Crippen LogP contribution in [0.3, 0.4) is 0 Å². The van der Waals surface area contributed by atoms with E-state index in [9.17, 15) is 0 Å². The minimum Gasteiger partial charge on any atom is -0.493 e. The predicted octanol–water partition coefficient (Wildman–Crippen LogP) is 2.72. The molecule has 2 rings (SSSR count). The van der Waals surface area contributed by atoms with Gasteiger partial charge in [-0.3, -0.25) is 0 Å². The molecule has 0 unspecified atom stereocenters. The zero-order chi connectivity index (χ0) is 14.4. The first kappa shape index (κ1) is 14.5. The molecule has 1 heterocycles. The van der Waals surface area contributed by atoms with Gasteiger partial charge in [0, 0.05) is 0 Å². The van der Waals surface area contributed by atoms with Crippen LogP contribution >= 0.6 is 15.9 Å². The van der Waals surface area contributed by atoms with Gasteiger partial charge in [0.05, 0.1) is 24.4 Å². The first-order chi connectivity index (χ1) is 9.74. The van der Waals surface area contributed by atoms with Gasteiger partial charge in [0.15, 0.2) is 11.5 Å². The largest absolute Gasteiger partial charge is 0.493 e. The first-order valence-electron chi connectivity index (χ1n) is 6.14. The molecule has 2 aromatic rings. The fourth-order valence-electron chi connectivity index (χ4n) is 1.55. The molecular formula is C13H15BrN4O2. The van der Waals surface area contributed by atoms with Crippen LogP contribution in [0, 0.1) is 0 Å². The van der Waals surface area contributed by atoms with Crippen LogP contribution in [-0.2, 0) is 0 Å². The molecular weight excluding hydrogens is 324 g/mol. The number of halogens is 1. The maximum Gasteiger partial charge on any atom is 0.175 e. The highest BCUT2D eigenvalue weighted by atomic mass is 79.9. The van der Waals surface area contributed by atoms with Gasteiger partial charge in [0.2, 0.25) is 0 Å². The summed E-state index contributed by atoms with van der Waals surface area (Å²) in [6, 6.07) is 3.78. The molecule has 0 saturated heterocycles. The Kier molecular flexibility index (Phi) is 5.11. The van der Waals surface area contributed by atoms with Crippen molar-refractivity contribution in [3.05, 3.63) is 34.8 Å². The van der Waals surface area contributed by atoms with E-state index in [4.69, 9.17) is 9.47 Å². The summed E-state index contributed by atoms with van der Waals surface area (Å²) in [5.41, 5.74) is 0.881. The van der Waals surface area contributed by atoms with E-state index in [1.54, 1.807) is 13.3 Å². The van der Waals surface area contributed by atoms with Crippen molar-refractivity contribution in [3.63, 3.8) is 0 Å². The number of hydrogen-bond acceptors (Lipinski definition) is 5. The molecule has 20 heavy (non-hydrogen) atoms. The number of rotatable bonds is 6. The smallest absolute Gasteiger partial charge is 0.175 e. The van der Waals surface area contributed by atoms with Gasteiger partial charge in [-0.15, -0.1) is 10.2 Å². The Labute approximate surface area is 125 Å². The minimum atomic E-state index is 0.642. The second kappa shape index (κ2) is 7.04. The quantitative estimate of drug-likeness (QED) is 0.759. The van der Waals surface area contributed by atoms with Gasteiger partial charge in [-0.2, -0.15) is 5.10 Å². The number of hydrogen-bond donors (Lipinski definition) is 0. The summed E-state index contributed by atoms with van der Waals surface area (Å²) >= 11 is 3.49. The van der Waals surface area contributed by atoms with Crippen molar-refractivity contribution in [2.24, 2.45) is 5.10 Å². The summed E-state index contributed by atoms with van der Waals surface area (Å²) in [6.07, 6.45) is 5.66. The molecule has 0 spiro atoms. The van der Waals surface area contributed by atoms with Crippen LogP contribution in [-0.4, -0.2) is 34.8 Å². The van der Waals surface area contributed by atoms with Gasteiger partial charge in [-0.1, -0.05) is 6.92 Å². The Balaban J connectivity index is 2.25. The molecule has 7 heteroatoms. The van der Waals surface area contributed by atoms with Crippen LogP contribution in [0.15, 0.2) is 34.4 Å². The van der Waals surface area contributed by atoms with Gasteiger partial charge in [0.1, 0.15) is 12.7 Å². The van der Waals surface area contributed by atoms with E-state index in [1.807, 2.05) is 12.1 Å². The second-order valence-corrected chi connectivity index (χ2v) is 4.82. The highest BCUT2D eigenvalue weighted by Crippen LogP contribution is 2.36. The van der Waals surface area contributed by atoms with E-state index in [1.165, 1.54) is 17.3 Å². The van der Waals surface area contributed by atoms with Crippen molar-refractivity contribution in [2.75, 3.05) is 13.7 Å². The third kappa shape index (κ3) is 3.57. The molecule has 106 valence electrons. The minimum absolute atomic E-state index is 0.642. The number of aromatic nitrogens is 3. The fourth-order valence-corrected chi connectivity index (χ4v) is 2.12. The lowest BCUT2D eigenvalue weighted by atomic mass is 10.2. The molecule has 0 saturated carbocycles. The van der Waals surface area contributed by atoms with E-state index >= 15 is 0 Å². The van der Waals surface area contributed by atoms with Crippen molar-refractivity contribution in [1.29, 1.82) is 0 Å². The zero-order valence-electron chi connectivity index (χ0n) is 11.3. The molecule has 1 aromatic heterocycles. The summed E-state index contributed by atoms with van der Waals surface area (Å²) < 4.78 is 13.4. The predicted molar refractivity (Wildman–Crippen MR) is 79.5 cm³/mol. The number of benzene rings is 1. The van der Waals surface area contributed by atoms with Crippen LogP contribution < -0.4 is 9.47 Å². The zero-order valence-corrected chi connectivity index (χ0v) is 12.9. The second-order valence-electron chi connectivity index (χ2n) is 3.97. The average Bonchev–Trinajstić information content (AvgIpc) is 2.96. The van der Waals surface area contributed by atoms with Crippen molar-refractivity contribution in [3.8, 4) is 11.5 Å². The summed E-state index contributed by atoms with van der Waals surface area (Å²) in [5, 5.41) is 11.6. The Morgan fingerprint density at radius 3 is 2.75 bits per heavy atom. The lowest BCUT2D eigenvalue weighted by Crippen LogP contribution is -2.00. The molecule has 0 amide bonds. The van der Waals surface area contributed by atoms with Gasteiger partial charge < -0.3 is 9.47 Å². The standard InChI is InChI=1S/C13H15BrN4O2/c1-3-4-20-13-11(14)5-10(6-12(13)19-2)7-17-18-8-15-16-9-18/h5-9H,3-4H2,1-2H3/b17-7+. The monoisotopic (exact) mass is 338 g/mol. The number of methoxy groups -OCH3 is 1. The van der Waals surface area contributed by atoms with Crippen LogP contribution in [0.4, 0.5) is 0 Å². The van der Waals surface area contributed by atoms with Crippen molar-refractivity contribution < 1.29 is 9.47 Å². The maximum atomic E-state index is 5.67. The van der Waals surface area contributed by atoms with Gasteiger partial charge >= 0.3 is 0 Å². The highest BCUT2D eigenvalue weighted by molar-refractivity contribution is 9.10. The topological polar surface area (TPSA) is 61.5 Å². The van der Waals surface area contributed by atoms with Crippen LogP contribution in [0.5, 0.6) is 11.5 Å². The number of nitrogens with zero attached hydrogens (tertiary/aromatic N) is 4. The Morgan fingerprint density at radius 2 is 2.10 bits per heavy atom. The Morgan fingerprint density at radius 1 is 1.35 bits per heavy atom. The maximum absolute atomic E-state index is 5.67. The molecule has 0 radical (unpaired) electrons. The molecule has 0 aliphatic carbocycles. The van der Waals surface area contributed by atoms with Crippen LogP contribution in [0.2, 0.25) is 0 Å². The molecule has 6 nitrogen and oxygen atoms in total. The Bertz CT molecular complexity index is 584. The van der Waals surface area contributed by atoms with Crippen molar-refractivity contribution in [2.45, 2.75) is 13.3 Å². The van der Waals surface area contributed by atoms with E-state index in [-0.39, 0.29) is 0 Å². The average molecular weight is 339 g/mol. The molecule has 0 aliphatic rings.